The molecular formula is C18H23NO5. The zero-order valence-corrected chi connectivity index (χ0v) is 13.7. The van der Waals surface area contributed by atoms with Gasteiger partial charge in [-0.05, 0) is 43.4 Å². The first-order valence-corrected chi connectivity index (χ1v) is 8.54. The van der Waals surface area contributed by atoms with Crippen molar-refractivity contribution in [1.29, 1.82) is 0 Å². The Balaban J connectivity index is 1.67. The fourth-order valence-corrected chi connectivity index (χ4v) is 3.29. The van der Waals surface area contributed by atoms with E-state index in [0.29, 0.717) is 43.2 Å². The minimum atomic E-state index is -0.777. The largest absolute Gasteiger partial charge is 0.490 e. The highest BCUT2D eigenvalue weighted by atomic mass is 16.5. The van der Waals surface area contributed by atoms with Gasteiger partial charge in [0, 0.05) is 31.5 Å². The number of hydrogen-bond donors (Lipinski definition) is 1. The molecule has 2 heterocycles. The van der Waals surface area contributed by atoms with E-state index < -0.39 is 5.97 Å². The van der Waals surface area contributed by atoms with Crippen molar-refractivity contribution in [2.24, 2.45) is 5.92 Å². The molecule has 1 aromatic carbocycles. The molecule has 6 heteroatoms. The molecule has 3 rings (SSSR count). The van der Waals surface area contributed by atoms with Crippen LogP contribution in [0.5, 0.6) is 11.5 Å². The monoisotopic (exact) mass is 333 g/mol. The molecule has 24 heavy (non-hydrogen) atoms. The normalized spacial score (nSPS) is 20.3. The Morgan fingerprint density at radius 3 is 2.75 bits per heavy atom. The number of carbonyl (C=O) groups is 2. The molecule has 2 aliphatic heterocycles. The van der Waals surface area contributed by atoms with Crippen LogP contribution in [-0.2, 0) is 4.79 Å². The zero-order valence-electron chi connectivity index (χ0n) is 13.7. The Bertz CT molecular complexity index is 615. The Labute approximate surface area is 141 Å². The number of carbonyl (C=O) groups excluding carboxylic acids is 1. The second-order valence-corrected chi connectivity index (χ2v) is 6.40. The number of piperidine rings is 1. The highest BCUT2D eigenvalue weighted by Crippen LogP contribution is 2.31. The molecule has 1 amide bonds. The van der Waals surface area contributed by atoms with E-state index in [0.717, 1.165) is 25.8 Å². The van der Waals surface area contributed by atoms with E-state index in [1.807, 2.05) is 4.90 Å². The first-order valence-electron chi connectivity index (χ1n) is 8.54. The van der Waals surface area contributed by atoms with Crippen LogP contribution >= 0.6 is 0 Å². The van der Waals surface area contributed by atoms with Crippen LogP contribution in [0.15, 0.2) is 18.2 Å². The Hall–Kier alpha value is -2.24. The molecule has 0 radical (unpaired) electrons. The summed E-state index contributed by atoms with van der Waals surface area (Å²) in [7, 11) is 0. The molecule has 1 fully saturated rings. The molecule has 1 aromatic rings. The maximum Gasteiger partial charge on any atom is 0.303 e. The molecule has 6 nitrogen and oxygen atoms in total. The number of benzene rings is 1. The number of fused-ring (bicyclic) bond motifs is 1. The van der Waals surface area contributed by atoms with Crippen LogP contribution in [0.3, 0.4) is 0 Å². The van der Waals surface area contributed by atoms with Gasteiger partial charge in [-0.1, -0.05) is 0 Å². The highest BCUT2D eigenvalue weighted by Gasteiger charge is 2.25. The maximum absolute atomic E-state index is 12.8. The second kappa shape index (κ2) is 7.55. The minimum absolute atomic E-state index is 0.0225. The average Bonchev–Trinajstić information content (AvgIpc) is 2.84. The molecule has 0 spiro atoms. The van der Waals surface area contributed by atoms with E-state index in [1.165, 1.54) is 0 Å². The maximum atomic E-state index is 12.8. The molecule has 0 aliphatic carbocycles. The van der Waals surface area contributed by atoms with Crippen molar-refractivity contribution in [3.05, 3.63) is 23.8 Å². The quantitative estimate of drug-likeness (QED) is 0.916. The van der Waals surface area contributed by atoms with Crippen LogP contribution < -0.4 is 9.47 Å². The molecule has 0 bridgehead atoms. The Morgan fingerprint density at radius 1 is 1.17 bits per heavy atom. The van der Waals surface area contributed by atoms with Crippen LogP contribution in [-0.4, -0.2) is 48.2 Å². The van der Waals surface area contributed by atoms with Crippen LogP contribution in [0, 0.1) is 5.92 Å². The van der Waals surface area contributed by atoms with Gasteiger partial charge in [-0.15, -0.1) is 0 Å². The first-order chi connectivity index (χ1) is 11.6. The summed E-state index contributed by atoms with van der Waals surface area (Å²) in [6.45, 7) is 2.56. The lowest BCUT2D eigenvalue weighted by atomic mass is 9.93. The summed E-state index contributed by atoms with van der Waals surface area (Å²) in [6.07, 6.45) is 3.52. The van der Waals surface area contributed by atoms with E-state index in [1.54, 1.807) is 18.2 Å². The summed E-state index contributed by atoms with van der Waals surface area (Å²) >= 11 is 0. The predicted molar refractivity (Wildman–Crippen MR) is 87.5 cm³/mol. The fraction of sp³-hybridized carbons (Fsp3) is 0.556. The molecule has 1 unspecified atom stereocenters. The van der Waals surface area contributed by atoms with E-state index in [-0.39, 0.29) is 18.2 Å². The van der Waals surface area contributed by atoms with E-state index in [2.05, 4.69) is 0 Å². The van der Waals surface area contributed by atoms with Gasteiger partial charge in [0.05, 0.1) is 13.2 Å². The highest BCUT2D eigenvalue weighted by molar-refractivity contribution is 5.95. The zero-order chi connectivity index (χ0) is 16.9. The molecule has 130 valence electrons. The van der Waals surface area contributed by atoms with Crippen LogP contribution in [0.4, 0.5) is 0 Å². The number of aliphatic carboxylic acids is 1. The van der Waals surface area contributed by atoms with E-state index in [4.69, 9.17) is 14.6 Å². The van der Waals surface area contributed by atoms with Crippen molar-refractivity contribution in [2.45, 2.75) is 32.1 Å². The number of nitrogens with zero attached hydrogens (tertiary/aromatic N) is 1. The summed E-state index contributed by atoms with van der Waals surface area (Å²) in [5, 5.41) is 8.83. The average molecular weight is 333 g/mol. The predicted octanol–water partition coefficient (Wildman–Crippen LogP) is 2.56. The number of carboxylic acid groups (broad SMARTS) is 1. The van der Waals surface area contributed by atoms with Gasteiger partial charge in [0.25, 0.3) is 5.91 Å². The summed E-state index contributed by atoms with van der Waals surface area (Å²) in [5.74, 6) is 0.769. The van der Waals surface area contributed by atoms with Crippen molar-refractivity contribution in [1.82, 2.24) is 4.90 Å². The van der Waals surface area contributed by atoms with Crippen LogP contribution in [0.2, 0.25) is 0 Å². The lowest BCUT2D eigenvalue weighted by molar-refractivity contribution is -0.137. The molecule has 0 saturated carbocycles. The van der Waals surface area contributed by atoms with E-state index in [9.17, 15) is 9.59 Å². The van der Waals surface area contributed by atoms with Gasteiger partial charge in [0.1, 0.15) is 0 Å². The Kier molecular flexibility index (Phi) is 5.23. The topological polar surface area (TPSA) is 76.1 Å². The number of amides is 1. The van der Waals surface area contributed by atoms with Gasteiger partial charge in [0.2, 0.25) is 0 Å². The number of rotatable bonds is 4. The smallest absolute Gasteiger partial charge is 0.303 e. The minimum Gasteiger partial charge on any atom is -0.490 e. The van der Waals surface area contributed by atoms with Gasteiger partial charge >= 0.3 is 5.97 Å². The molecule has 1 atom stereocenters. The van der Waals surface area contributed by atoms with Crippen molar-refractivity contribution >= 4 is 11.9 Å². The number of carboxylic acids is 1. The van der Waals surface area contributed by atoms with Gasteiger partial charge in [0.15, 0.2) is 11.5 Å². The molecule has 1 saturated heterocycles. The summed E-state index contributed by atoms with van der Waals surface area (Å²) < 4.78 is 11.2. The fourth-order valence-electron chi connectivity index (χ4n) is 3.29. The van der Waals surface area contributed by atoms with Crippen molar-refractivity contribution in [3.63, 3.8) is 0 Å². The summed E-state index contributed by atoms with van der Waals surface area (Å²) in [5.41, 5.74) is 0.595. The van der Waals surface area contributed by atoms with Gasteiger partial charge in [-0.3, -0.25) is 9.59 Å². The number of hydrogen-bond acceptors (Lipinski definition) is 4. The van der Waals surface area contributed by atoms with Gasteiger partial charge < -0.3 is 19.5 Å². The van der Waals surface area contributed by atoms with Crippen molar-refractivity contribution in [3.8, 4) is 11.5 Å². The molecular weight excluding hydrogens is 310 g/mol. The Morgan fingerprint density at radius 2 is 1.96 bits per heavy atom. The lowest BCUT2D eigenvalue weighted by Crippen LogP contribution is -2.40. The SMILES string of the molecule is O=C(O)CCC1CCCN(C(=O)c2ccc3c(c2)OCCCO3)C1. The van der Waals surface area contributed by atoms with Crippen molar-refractivity contribution in [2.75, 3.05) is 26.3 Å². The standard InChI is InChI=1S/C18H23NO5/c20-17(21)7-4-13-3-1-8-19(12-13)18(22)14-5-6-15-16(11-14)24-10-2-9-23-15/h5-6,11,13H,1-4,7-10,12H2,(H,20,21). The third kappa shape index (κ3) is 3.99. The van der Waals surface area contributed by atoms with E-state index >= 15 is 0 Å². The van der Waals surface area contributed by atoms with Gasteiger partial charge in [-0.2, -0.15) is 0 Å². The van der Waals surface area contributed by atoms with Crippen molar-refractivity contribution < 1.29 is 24.2 Å². The lowest BCUT2D eigenvalue weighted by Gasteiger charge is -2.32. The molecule has 2 aliphatic rings. The first kappa shape index (κ1) is 16.6. The van der Waals surface area contributed by atoms with Crippen LogP contribution in [0.25, 0.3) is 0 Å². The second-order valence-electron chi connectivity index (χ2n) is 6.40. The summed E-state index contributed by atoms with van der Waals surface area (Å²) in [6, 6.07) is 5.32. The third-order valence-corrected chi connectivity index (χ3v) is 4.57. The molecule has 1 N–H and O–H groups in total. The third-order valence-electron chi connectivity index (χ3n) is 4.57. The molecule has 0 aromatic heterocycles. The van der Waals surface area contributed by atoms with Crippen LogP contribution in [0.1, 0.15) is 42.5 Å². The number of likely N-dealkylation sites (tertiary alicyclic amines) is 1. The van der Waals surface area contributed by atoms with Gasteiger partial charge in [-0.25, -0.2) is 0 Å². The summed E-state index contributed by atoms with van der Waals surface area (Å²) in [4.78, 5) is 25.3. The number of ether oxygens (including phenoxy) is 2.